The van der Waals surface area contributed by atoms with Crippen molar-refractivity contribution in [1.82, 2.24) is 0 Å². The molecule has 0 spiro atoms. The minimum absolute atomic E-state index is 0.169. The molecule has 3 rings (SSSR count). The van der Waals surface area contributed by atoms with Crippen molar-refractivity contribution in [3.8, 4) is 5.75 Å². The summed E-state index contributed by atoms with van der Waals surface area (Å²) >= 11 is 5.83. The SMILES string of the molecule is COc1ccc(/C=C/C(=O)CS(=O)(=O)c2cc3ccc(Cl)cc3oc2=O)cc1. The number of benzene rings is 2. The van der Waals surface area contributed by atoms with Gasteiger partial charge in [0.15, 0.2) is 20.5 Å². The monoisotopic (exact) mass is 418 g/mol. The van der Waals surface area contributed by atoms with Gasteiger partial charge in [0.1, 0.15) is 17.1 Å². The van der Waals surface area contributed by atoms with Crippen molar-refractivity contribution in [3.63, 3.8) is 0 Å². The first kappa shape index (κ1) is 19.9. The average Bonchev–Trinajstić information content (AvgIpc) is 2.65. The molecule has 8 heteroatoms. The van der Waals surface area contributed by atoms with Crippen LogP contribution in [0.3, 0.4) is 0 Å². The molecular weight excluding hydrogens is 404 g/mol. The fourth-order valence-corrected chi connectivity index (χ4v) is 3.89. The topological polar surface area (TPSA) is 90.7 Å². The number of allylic oxidation sites excluding steroid dienone is 1. The van der Waals surface area contributed by atoms with Crippen LogP contribution in [0.2, 0.25) is 5.02 Å². The fraction of sp³-hybridized carbons (Fsp3) is 0.100. The van der Waals surface area contributed by atoms with Gasteiger partial charge in [0.2, 0.25) is 0 Å². The molecule has 0 aliphatic heterocycles. The van der Waals surface area contributed by atoms with Crippen LogP contribution in [0.5, 0.6) is 5.75 Å². The van der Waals surface area contributed by atoms with E-state index in [2.05, 4.69) is 0 Å². The summed E-state index contributed by atoms with van der Waals surface area (Å²) in [4.78, 5) is 23.6. The molecule has 0 unspecified atom stereocenters. The Labute approximate surface area is 165 Å². The van der Waals surface area contributed by atoms with E-state index in [1.54, 1.807) is 30.3 Å². The maximum absolute atomic E-state index is 12.5. The predicted octanol–water partition coefficient (Wildman–Crippen LogP) is 3.51. The van der Waals surface area contributed by atoms with Crippen LogP contribution in [0.15, 0.2) is 68.7 Å². The number of methoxy groups -OCH3 is 1. The van der Waals surface area contributed by atoms with E-state index < -0.39 is 31.9 Å². The standard InChI is InChI=1S/C20H15ClO6S/c1-26-17-8-3-13(4-9-17)2-7-16(22)12-28(24,25)19-10-14-5-6-15(21)11-18(14)27-20(19)23/h2-11H,12H2,1H3/b7-2+. The normalized spacial score (nSPS) is 11.8. The van der Waals surface area contributed by atoms with Crippen molar-refractivity contribution in [2.24, 2.45) is 0 Å². The largest absolute Gasteiger partial charge is 0.497 e. The third-order valence-electron chi connectivity index (χ3n) is 3.91. The number of rotatable bonds is 6. The summed E-state index contributed by atoms with van der Waals surface area (Å²) < 4.78 is 35.1. The lowest BCUT2D eigenvalue weighted by atomic mass is 10.2. The van der Waals surface area contributed by atoms with Crippen LogP contribution in [-0.2, 0) is 14.6 Å². The van der Waals surface area contributed by atoms with Crippen molar-refractivity contribution in [3.05, 3.63) is 75.6 Å². The summed E-state index contributed by atoms with van der Waals surface area (Å²) in [7, 11) is -2.63. The van der Waals surface area contributed by atoms with Gasteiger partial charge in [-0.2, -0.15) is 0 Å². The van der Waals surface area contributed by atoms with Crippen LogP contribution in [0.4, 0.5) is 0 Å². The van der Waals surface area contributed by atoms with Gasteiger partial charge in [0, 0.05) is 16.5 Å². The Bertz CT molecular complexity index is 1220. The highest BCUT2D eigenvalue weighted by atomic mass is 35.5. The van der Waals surface area contributed by atoms with E-state index in [1.807, 2.05) is 0 Å². The van der Waals surface area contributed by atoms with Gasteiger partial charge < -0.3 is 9.15 Å². The number of halogens is 1. The van der Waals surface area contributed by atoms with Gasteiger partial charge in [-0.25, -0.2) is 13.2 Å². The molecule has 0 fully saturated rings. The fourth-order valence-electron chi connectivity index (χ4n) is 2.50. The highest BCUT2D eigenvalue weighted by molar-refractivity contribution is 7.92. The van der Waals surface area contributed by atoms with E-state index in [-0.39, 0.29) is 5.58 Å². The Morgan fingerprint density at radius 3 is 2.54 bits per heavy atom. The molecule has 0 bridgehead atoms. The van der Waals surface area contributed by atoms with Gasteiger partial charge in [-0.3, -0.25) is 4.79 Å². The van der Waals surface area contributed by atoms with Gasteiger partial charge in [0.25, 0.3) is 0 Å². The molecule has 0 radical (unpaired) electrons. The van der Waals surface area contributed by atoms with Gasteiger partial charge >= 0.3 is 5.63 Å². The highest BCUT2D eigenvalue weighted by Gasteiger charge is 2.23. The molecule has 0 aliphatic rings. The number of carbonyl (C=O) groups excluding carboxylic acids is 1. The number of ketones is 1. The molecule has 0 saturated heterocycles. The smallest absolute Gasteiger partial charge is 0.355 e. The summed E-state index contributed by atoms with van der Waals surface area (Å²) in [6.07, 6.45) is 2.64. The Kier molecular flexibility index (Phi) is 5.67. The molecule has 0 amide bonds. The van der Waals surface area contributed by atoms with Crippen LogP contribution in [0.25, 0.3) is 17.0 Å². The van der Waals surface area contributed by atoms with E-state index >= 15 is 0 Å². The first-order valence-corrected chi connectivity index (χ1v) is 10.1. The Hall–Kier alpha value is -2.90. The summed E-state index contributed by atoms with van der Waals surface area (Å²) in [5.74, 6) is -0.842. The molecule has 1 heterocycles. The predicted molar refractivity (Wildman–Crippen MR) is 107 cm³/mol. The van der Waals surface area contributed by atoms with E-state index in [1.165, 1.54) is 31.4 Å². The minimum atomic E-state index is -4.17. The maximum atomic E-state index is 12.5. The zero-order valence-electron chi connectivity index (χ0n) is 14.7. The molecule has 2 aromatic carbocycles. The molecule has 3 aromatic rings. The van der Waals surface area contributed by atoms with Crippen molar-refractivity contribution in [2.45, 2.75) is 4.90 Å². The van der Waals surface area contributed by atoms with E-state index in [0.717, 1.165) is 6.08 Å². The number of carbonyl (C=O) groups is 1. The second-order valence-electron chi connectivity index (χ2n) is 5.91. The quantitative estimate of drug-likeness (QED) is 0.449. The number of fused-ring (bicyclic) bond motifs is 1. The van der Waals surface area contributed by atoms with Crippen molar-refractivity contribution >= 4 is 44.3 Å². The third-order valence-corrected chi connectivity index (χ3v) is 5.77. The molecule has 0 saturated carbocycles. The average molecular weight is 419 g/mol. The number of sulfone groups is 1. The second-order valence-corrected chi connectivity index (χ2v) is 8.31. The molecule has 6 nitrogen and oxygen atoms in total. The summed E-state index contributed by atoms with van der Waals surface area (Å²) in [6, 6.07) is 12.6. The lowest BCUT2D eigenvalue weighted by Gasteiger charge is -2.03. The van der Waals surface area contributed by atoms with Crippen LogP contribution >= 0.6 is 11.6 Å². The number of hydrogen-bond acceptors (Lipinski definition) is 6. The zero-order valence-corrected chi connectivity index (χ0v) is 16.3. The molecular formula is C20H15ClO6S. The number of hydrogen-bond donors (Lipinski definition) is 0. The van der Waals surface area contributed by atoms with Crippen molar-refractivity contribution < 1.29 is 22.4 Å². The lowest BCUT2D eigenvalue weighted by molar-refractivity contribution is -0.112. The molecule has 144 valence electrons. The van der Waals surface area contributed by atoms with Gasteiger partial charge in [-0.05, 0) is 42.0 Å². The summed E-state index contributed by atoms with van der Waals surface area (Å²) in [5.41, 5.74) is -0.169. The highest BCUT2D eigenvalue weighted by Crippen LogP contribution is 2.21. The van der Waals surface area contributed by atoms with Crippen LogP contribution < -0.4 is 10.4 Å². The first-order valence-electron chi connectivity index (χ1n) is 8.09. The molecule has 0 aliphatic carbocycles. The third kappa shape index (κ3) is 4.49. The van der Waals surface area contributed by atoms with Gasteiger partial charge in [0.05, 0.1) is 7.11 Å². The Morgan fingerprint density at radius 1 is 1.14 bits per heavy atom. The lowest BCUT2D eigenvalue weighted by Crippen LogP contribution is -2.20. The van der Waals surface area contributed by atoms with Gasteiger partial charge in [-0.1, -0.05) is 29.8 Å². The minimum Gasteiger partial charge on any atom is -0.497 e. The van der Waals surface area contributed by atoms with E-state index in [9.17, 15) is 18.0 Å². The molecule has 28 heavy (non-hydrogen) atoms. The Balaban J connectivity index is 1.82. The van der Waals surface area contributed by atoms with Crippen molar-refractivity contribution in [1.29, 1.82) is 0 Å². The summed E-state index contributed by atoms with van der Waals surface area (Å²) in [6.45, 7) is 0. The maximum Gasteiger partial charge on any atom is 0.355 e. The van der Waals surface area contributed by atoms with Crippen molar-refractivity contribution in [2.75, 3.05) is 12.9 Å². The van der Waals surface area contributed by atoms with Gasteiger partial charge in [-0.15, -0.1) is 0 Å². The number of ether oxygens (including phenoxy) is 1. The molecule has 0 atom stereocenters. The van der Waals surface area contributed by atoms with Crippen LogP contribution in [-0.4, -0.2) is 27.1 Å². The molecule has 0 N–H and O–H groups in total. The van der Waals surface area contributed by atoms with Crippen LogP contribution in [0, 0.1) is 0 Å². The van der Waals surface area contributed by atoms with Crippen LogP contribution in [0.1, 0.15) is 5.56 Å². The summed E-state index contributed by atoms with van der Waals surface area (Å²) in [5, 5.41) is 0.744. The second kappa shape index (κ2) is 8.00. The van der Waals surface area contributed by atoms with E-state index in [0.29, 0.717) is 21.7 Å². The molecule has 1 aromatic heterocycles. The zero-order chi connectivity index (χ0) is 20.3. The Morgan fingerprint density at radius 2 is 1.86 bits per heavy atom. The van der Waals surface area contributed by atoms with E-state index in [4.69, 9.17) is 20.8 Å². The first-order chi connectivity index (χ1) is 13.3.